The quantitative estimate of drug-likeness (QED) is 0.794. The Morgan fingerprint density at radius 3 is 2.67 bits per heavy atom. The lowest BCUT2D eigenvalue weighted by Gasteiger charge is -2.40. The molecule has 3 amide bonds. The second-order valence-corrected chi connectivity index (χ2v) is 7.13. The Labute approximate surface area is 161 Å². The van der Waals surface area contributed by atoms with E-state index in [1.165, 1.54) is 23.1 Å². The van der Waals surface area contributed by atoms with Gasteiger partial charge in [0.2, 0.25) is 5.96 Å². The molecule has 1 fully saturated rings. The molecule has 0 spiro atoms. The molecule has 9 heteroatoms. The number of urea groups is 1. The van der Waals surface area contributed by atoms with Crippen molar-refractivity contribution in [3.63, 3.8) is 0 Å². The van der Waals surface area contributed by atoms with Gasteiger partial charge >= 0.3 is 6.03 Å². The van der Waals surface area contributed by atoms with Gasteiger partial charge in [-0.3, -0.25) is 9.69 Å². The molecule has 0 aliphatic carbocycles. The molecule has 142 valence electrons. The number of benzene rings is 1. The lowest BCUT2D eigenvalue weighted by molar-refractivity contribution is -0.137. The Kier molecular flexibility index (Phi) is 4.10. The van der Waals surface area contributed by atoms with Gasteiger partial charge in [-0.15, -0.1) is 0 Å². The zero-order chi connectivity index (χ0) is 19.5. The Morgan fingerprint density at radius 2 is 2.00 bits per heavy atom. The van der Waals surface area contributed by atoms with Crippen LogP contribution in [0.15, 0.2) is 35.1 Å². The lowest BCUT2D eigenvalue weighted by Crippen LogP contribution is -2.63. The summed E-state index contributed by atoms with van der Waals surface area (Å²) in [6.45, 7) is 4.42. The molecule has 0 radical (unpaired) electrons. The first-order chi connectivity index (χ1) is 12.8. The minimum absolute atomic E-state index is 0.121. The molecule has 27 heavy (non-hydrogen) atoms. The number of allylic oxidation sites excluding steroid dienone is 1. The van der Waals surface area contributed by atoms with Crippen molar-refractivity contribution in [1.29, 1.82) is 0 Å². The molecule has 0 bridgehead atoms. The van der Waals surface area contributed by atoms with Gasteiger partial charge < -0.3 is 14.7 Å². The first-order valence-electron chi connectivity index (χ1n) is 8.68. The number of fused-ring (bicyclic) bond motifs is 3. The van der Waals surface area contributed by atoms with Crippen molar-refractivity contribution in [2.45, 2.75) is 32.6 Å². The number of rotatable bonds is 3. The van der Waals surface area contributed by atoms with Gasteiger partial charge in [0.15, 0.2) is 12.2 Å². The van der Waals surface area contributed by atoms with Gasteiger partial charge in [0, 0.05) is 36.1 Å². The monoisotopic (exact) mass is 391 g/mol. The molecular weight excluding hydrogens is 373 g/mol. The second kappa shape index (κ2) is 6.23. The predicted molar refractivity (Wildman–Crippen MR) is 98.1 cm³/mol. The summed E-state index contributed by atoms with van der Waals surface area (Å²) in [4.78, 5) is 36.8. The Hall–Kier alpha value is -2.61. The molecule has 2 unspecified atom stereocenters. The fourth-order valence-corrected chi connectivity index (χ4v) is 4.00. The molecule has 7 nitrogen and oxygen atoms in total. The number of imide groups is 1. The number of hydrogen-bond acceptors (Lipinski definition) is 5. The highest BCUT2D eigenvalue weighted by molar-refractivity contribution is 6.31. The summed E-state index contributed by atoms with van der Waals surface area (Å²) in [5, 5.41) is 0.179. The Morgan fingerprint density at radius 1 is 1.26 bits per heavy atom. The van der Waals surface area contributed by atoms with Crippen LogP contribution in [0, 0.1) is 5.82 Å². The van der Waals surface area contributed by atoms with E-state index in [-0.39, 0.29) is 17.1 Å². The third-order valence-electron chi connectivity index (χ3n) is 5.20. The smallest absolute Gasteiger partial charge is 0.315 e. The summed E-state index contributed by atoms with van der Waals surface area (Å²) in [6.07, 6.45) is 1.26. The average Bonchev–Trinajstić information content (AvgIpc) is 3.13. The summed E-state index contributed by atoms with van der Waals surface area (Å²) in [6, 6.07) is 3.09. The predicted octanol–water partition coefficient (Wildman–Crippen LogP) is 2.44. The van der Waals surface area contributed by atoms with Crippen molar-refractivity contribution in [1.82, 2.24) is 19.6 Å². The standard InChI is InChI=1S/C18H19ClFN5O2/c1-4-23-10(2)8-24-14-15(21-17(23)24)22(3)18(27)25(16(14)26)9-11-12(19)6-5-7-13(11)20/h5-8,14-15H,4,9H2,1-3H3. The molecule has 1 saturated heterocycles. The first-order valence-corrected chi connectivity index (χ1v) is 9.06. The largest absolute Gasteiger partial charge is 0.328 e. The zero-order valence-electron chi connectivity index (χ0n) is 15.2. The van der Waals surface area contributed by atoms with Gasteiger partial charge in [-0.05, 0) is 26.0 Å². The van der Waals surface area contributed by atoms with Crippen molar-refractivity contribution in [2.24, 2.45) is 4.99 Å². The van der Waals surface area contributed by atoms with Crippen LogP contribution in [0.5, 0.6) is 0 Å². The maximum Gasteiger partial charge on any atom is 0.328 e. The van der Waals surface area contributed by atoms with Gasteiger partial charge in [-0.1, -0.05) is 17.7 Å². The zero-order valence-corrected chi connectivity index (χ0v) is 15.9. The number of hydrogen-bond donors (Lipinski definition) is 0. The van der Waals surface area contributed by atoms with Gasteiger partial charge in [0.05, 0.1) is 6.54 Å². The average molecular weight is 392 g/mol. The fourth-order valence-electron chi connectivity index (χ4n) is 3.78. The van der Waals surface area contributed by atoms with Crippen LogP contribution in [0.2, 0.25) is 5.02 Å². The van der Waals surface area contributed by atoms with Crippen molar-refractivity contribution < 1.29 is 14.0 Å². The number of carbonyl (C=O) groups excluding carboxylic acids is 2. The number of nitrogens with zero attached hydrogens (tertiary/aromatic N) is 5. The Bertz CT molecular complexity index is 881. The molecule has 0 aromatic heterocycles. The number of halogens is 2. The van der Waals surface area contributed by atoms with Crippen molar-refractivity contribution in [2.75, 3.05) is 13.6 Å². The SMILES string of the molecule is CCN1C(C)=CN2C1=NC1C2C(=O)N(Cc2c(F)cccc2Cl)C(=O)N1C. The van der Waals surface area contributed by atoms with E-state index >= 15 is 0 Å². The fraction of sp³-hybridized carbons (Fsp3) is 0.389. The molecule has 0 N–H and O–H groups in total. The first kappa shape index (κ1) is 17.8. The normalized spacial score (nSPS) is 24.3. The number of guanidine groups is 1. The van der Waals surface area contributed by atoms with Crippen molar-refractivity contribution >= 4 is 29.5 Å². The van der Waals surface area contributed by atoms with E-state index in [0.717, 1.165) is 10.6 Å². The summed E-state index contributed by atoms with van der Waals surface area (Å²) >= 11 is 6.09. The molecule has 3 aliphatic heterocycles. The van der Waals surface area contributed by atoms with E-state index in [4.69, 9.17) is 11.6 Å². The minimum atomic E-state index is -0.667. The van der Waals surface area contributed by atoms with Crippen LogP contribution in [-0.4, -0.2) is 63.3 Å². The second-order valence-electron chi connectivity index (χ2n) is 6.73. The van der Waals surface area contributed by atoms with Gasteiger partial charge in [-0.2, -0.15) is 0 Å². The van der Waals surface area contributed by atoms with Crippen LogP contribution >= 0.6 is 11.6 Å². The molecule has 3 aliphatic rings. The van der Waals surface area contributed by atoms with Crippen molar-refractivity contribution in [3.05, 3.63) is 46.5 Å². The number of carbonyl (C=O) groups is 2. The third-order valence-corrected chi connectivity index (χ3v) is 5.55. The molecule has 1 aromatic carbocycles. The van der Waals surface area contributed by atoms with Crippen LogP contribution < -0.4 is 0 Å². The van der Waals surface area contributed by atoms with Gasteiger partial charge in [0.25, 0.3) is 5.91 Å². The van der Waals surface area contributed by atoms with E-state index in [2.05, 4.69) is 4.99 Å². The van der Waals surface area contributed by atoms with Crippen molar-refractivity contribution in [3.8, 4) is 0 Å². The number of aliphatic imine (C=N–C) groups is 1. The van der Waals surface area contributed by atoms with E-state index in [0.29, 0.717) is 12.5 Å². The summed E-state index contributed by atoms with van der Waals surface area (Å²) in [5.41, 5.74) is 1.10. The number of amides is 3. The topological polar surface area (TPSA) is 59.5 Å². The maximum absolute atomic E-state index is 14.2. The van der Waals surface area contributed by atoms with E-state index in [9.17, 15) is 14.0 Å². The lowest BCUT2D eigenvalue weighted by atomic mass is 10.1. The molecule has 0 saturated carbocycles. The van der Waals surface area contributed by atoms with Crippen LogP contribution in [0.25, 0.3) is 0 Å². The minimum Gasteiger partial charge on any atom is -0.315 e. The molecule has 4 rings (SSSR count). The number of likely N-dealkylation sites (N-methyl/N-ethyl adjacent to an activating group) is 1. The molecule has 3 heterocycles. The third kappa shape index (κ3) is 2.50. The Balaban J connectivity index is 1.69. The molecule has 1 aromatic rings. The highest BCUT2D eigenvalue weighted by Crippen LogP contribution is 2.34. The van der Waals surface area contributed by atoms with Crippen LogP contribution in [0.4, 0.5) is 9.18 Å². The summed E-state index contributed by atoms with van der Waals surface area (Å²) in [7, 11) is 1.60. The van der Waals surface area contributed by atoms with Crippen LogP contribution in [-0.2, 0) is 11.3 Å². The maximum atomic E-state index is 14.2. The van der Waals surface area contributed by atoms with Crippen LogP contribution in [0.3, 0.4) is 0 Å². The summed E-state index contributed by atoms with van der Waals surface area (Å²) in [5.74, 6) is -0.308. The highest BCUT2D eigenvalue weighted by atomic mass is 35.5. The molecule has 2 atom stereocenters. The molecular formula is C18H19ClFN5O2. The van der Waals surface area contributed by atoms with Gasteiger partial charge in [0.1, 0.15) is 5.82 Å². The highest BCUT2D eigenvalue weighted by Gasteiger charge is 2.54. The van der Waals surface area contributed by atoms with Gasteiger partial charge in [-0.25, -0.2) is 14.2 Å². The summed E-state index contributed by atoms with van der Waals surface area (Å²) < 4.78 is 14.2. The van der Waals surface area contributed by atoms with E-state index in [1.54, 1.807) is 11.9 Å². The van der Waals surface area contributed by atoms with E-state index < -0.39 is 30.0 Å². The van der Waals surface area contributed by atoms with E-state index in [1.807, 2.05) is 24.9 Å². The van der Waals surface area contributed by atoms with Crippen LogP contribution in [0.1, 0.15) is 19.4 Å².